The van der Waals surface area contributed by atoms with Gasteiger partial charge in [0.25, 0.3) is 0 Å². The van der Waals surface area contributed by atoms with E-state index in [2.05, 4.69) is 5.32 Å². The molecule has 0 saturated heterocycles. The van der Waals surface area contributed by atoms with E-state index in [1.165, 1.54) is 23.9 Å². The minimum Gasteiger partial charge on any atom is -0.480 e. The molecule has 1 rings (SSSR count). The zero-order valence-corrected chi connectivity index (χ0v) is 10.5. The number of nitrogens with one attached hydrogen (secondary N) is 1. The second-order valence-corrected chi connectivity index (χ2v) is 4.71. The molecule has 0 spiro atoms. The highest BCUT2D eigenvalue weighted by Gasteiger charge is 2.14. The van der Waals surface area contributed by atoms with E-state index >= 15 is 0 Å². The van der Waals surface area contributed by atoms with Crippen LogP contribution in [-0.2, 0) is 4.79 Å². The predicted molar refractivity (Wildman–Crippen MR) is 66.8 cm³/mol. The predicted octanol–water partition coefficient (Wildman–Crippen LogP) is 2.37. The molecular weight excluding hydrogens is 241 g/mol. The molecule has 1 atom stereocenters. The summed E-state index contributed by atoms with van der Waals surface area (Å²) < 4.78 is 12.6. The SMILES string of the molecule is CCNC(CCSc1ccc(F)cc1)C(=O)O. The summed E-state index contributed by atoms with van der Waals surface area (Å²) in [7, 11) is 0. The van der Waals surface area contributed by atoms with Crippen molar-refractivity contribution in [3.63, 3.8) is 0 Å². The molecule has 0 saturated carbocycles. The van der Waals surface area contributed by atoms with Crippen LogP contribution in [0.4, 0.5) is 4.39 Å². The minimum absolute atomic E-state index is 0.259. The van der Waals surface area contributed by atoms with Crippen molar-refractivity contribution in [2.45, 2.75) is 24.3 Å². The average molecular weight is 257 g/mol. The minimum atomic E-state index is -0.827. The number of likely N-dealkylation sites (N-methyl/N-ethyl adjacent to an activating group) is 1. The molecule has 5 heteroatoms. The number of carboxylic acids is 1. The Morgan fingerprint density at radius 1 is 1.47 bits per heavy atom. The van der Waals surface area contributed by atoms with Crippen molar-refractivity contribution in [1.82, 2.24) is 5.32 Å². The lowest BCUT2D eigenvalue weighted by molar-refractivity contribution is -0.139. The van der Waals surface area contributed by atoms with E-state index in [4.69, 9.17) is 5.11 Å². The van der Waals surface area contributed by atoms with Crippen molar-refractivity contribution in [2.24, 2.45) is 0 Å². The summed E-state index contributed by atoms with van der Waals surface area (Å²) in [6, 6.07) is 5.70. The third-order valence-corrected chi connectivity index (χ3v) is 3.28. The van der Waals surface area contributed by atoms with Crippen LogP contribution in [-0.4, -0.2) is 29.4 Å². The van der Waals surface area contributed by atoms with Gasteiger partial charge in [0.15, 0.2) is 0 Å². The van der Waals surface area contributed by atoms with Crippen molar-refractivity contribution >= 4 is 17.7 Å². The van der Waals surface area contributed by atoms with Crippen LogP contribution >= 0.6 is 11.8 Å². The number of aliphatic carboxylic acids is 1. The standard InChI is InChI=1S/C12H16FNO2S/c1-2-14-11(12(15)16)7-8-17-10-5-3-9(13)4-6-10/h3-6,11,14H,2,7-8H2,1H3,(H,15,16). The number of halogens is 1. The second-order valence-electron chi connectivity index (χ2n) is 3.54. The topological polar surface area (TPSA) is 49.3 Å². The zero-order chi connectivity index (χ0) is 12.7. The molecule has 0 heterocycles. The molecule has 0 aliphatic rings. The largest absolute Gasteiger partial charge is 0.480 e. The van der Waals surface area contributed by atoms with Gasteiger partial charge in [-0.15, -0.1) is 11.8 Å². The normalized spacial score (nSPS) is 12.4. The third-order valence-electron chi connectivity index (χ3n) is 2.24. The summed E-state index contributed by atoms with van der Waals surface area (Å²) in [6.07, 6.45) is 0.547. The summed E-state index contributed by atoms with van der Waals surface area (Å²) in [5.41, 5.74) is 0. The fourth-order valence-corrected chi connectivity index (χ4v) is 2.30. The van der Waals surface area contributed by atoms with Gasteiger partial charge in [0, 0.05) is 10.6 Å². The number of benzene rings is 1. The van der Waals surface area contributed by atoms with E-state index in [0.29, 0.717) is 18.7 Å². The quantitative estimate of drug-likeness (QED) is 0.736. The van der Waals surface area contributed by atoms with Crippen LogP contribution in [0, 0.1) is 5.82 Å². The van der Waals surface area contributed by atoms with Crippen molar-refractivity contribution in [1.29, 1.82) is 0 Å². The lowest BCUT2D eigenvalue weighted by Gasteiger charge is -2.12. The second kappa shape index (κ2) is 7.29. The molecule has 0 bridgehead atoms. The maximum absolute atomic E-state index is 12.6. The number of hydrogen-bond acceptors (Lipinski definition) is 3. The number of carboxylic acid groups (broad SMARTS) is 1. The number of rotatable bonds is 7. The van der Waals surface area contributed by atoms with Gasteiger partial charge in [0.1, 0.15) is 11.9 Å². The maximum atomic E-state index is 12.6. The van der Waals surface area contributed by atoms with E-state index in [1.54, 1.807) is 12.1 Å². The highest BCUT2D eigenvalue weighted by atomic mass is 32.2. The Morgan fingerprint density at radius 2 is 2.12 bits per heavy atom. The molecule has 17 heavy (non-hydrogen) atoms. The molecular formula is C12H16FNO2S. The van der Waals surface area contributed by atoms with E-state index in [9.17, 15) is 9.18 Å². The molecule has 1 unspecified atom stereocenters. The van der Waals surface area contributed by atoms with E-state index in [-0.39, 0.29) is 5.82 Å². The van der Waals surface area contributed by atoms with E-state index in [1.807, 2.05) is 6.92 Å². The summed E-state index contributed by atoms with van der Waals surface area (Å²) in [6.45, 7) is 2.52. The monoisotopic (exact) mass is 257 g/mol. The van der Waals surface area contributed by atoms with Gasteiger partial charge in [-0.3, -0.25) is 4.79 Å². The molecule has 0 amide bonds. The molecule has 94 valence electrons. The highest BCUT2D eigenvalue weighted by molar-refractivity contribution is 7.99. The zero-order valence-electron chi connectivity index (χ0n) is 9.65. The van der Waals surface area contributed by atoms with Gasteiger partial charge < -0.3 is 10.4 Å². The van der Waals surface area contributed by atoms with Gasteiger partial charge in [-0.25, -0.2) is 4.39 Å². The Kier molecular flexibility index (Phi) is 6.00. The first-order valence-corrected chi connectivity index (χ1v) is 6.46. The van der Waals surface area contributed by atoms with Crippen LogP contribution in [0.25, 0.3) is 0 Å². The summed E-state index contributed by atoms with van der Waals surface area (Å²) >= 11 is 1.53. The first kappa shape index (κ1) is 14.0. The Labute approximate surface area is 104 Å². The summed E-state index contributed by atoms with van der Waals surface area (Å²) in [5, 5.41) is 11.8. The first-order valence-electron chi connectivity index (χ1n) is 5.48. The van der Waals surface area contributed by atoms with Gasteiger partial charge in [-0.1, -0.05) is 6.92 Å². The molecule has 0 fully saturated rings. The van der Waals surface area contributed by atoms with Gasteiger partial charge in [0.2, 0.25) is 0 Å². The highest BCUT2D eigenvalue weighted by Crippen LogP contribution is 2.19. The molecule has 1 aromatic rings. The van der Waals surface area contributed by atoms with Gasteiger partial charge in [0.05, 0.1) is 0 Å². The average Bonchev–Trinajstić information content (AvgIpc) is 2.30. The molecule has 0 aliphatic carbocycles. The number of thioether (sulfide) groups is 1. The smallest absolute Gasteiger partial charge is 0.320 e. The molecule has 0 aliphatic heterocycles. The molecule has 2 N–H and O–H groups in total. The number of carbonyl (C=O) groups is 1. The Balaban J connectivity index is 2.35. The Bertz CT molecular complexity index is 356. The van der Waals surface area contributed by atoms with Gasteiger partial charge in [-0.05, 0) is 37.2 Å². The van der Waals surface area contributed by atoms with Crippen LogP contribution in [0.15, 0.2) is 29.2 Å². The summed E-state index contributed by atoms with van der Waals surface area (Å²) in [5.74, 6) is -0.396. The van der Waals surface area contributed by atoms with Gasteiger partial charge in [-0.2, -0.15) is 0 Å². The molecule has 0 aromatic heterocycles. The molecule has 3 nitrogen and oxygen atoms in total. The van der Waals surface area contributed by atoms with Crippen LogP contribution in [0.2, 0.25) is 0 Å². The first-order chi connectivity index (χ1) is 8.13. The van der Waals surface area contributed by atoms with Crippen molar-refractivity contribution in [2.75, 3.05) is 12.3 Å². The fraction of sp³-hybridized carbons (Fsp3) is 0.417. The summed E-state index contributed by atoms with van der Waals surface area (Å²) in [4.78, 5) is 11.8. The lowest BCUT2D eigenvalue weighted by atomic mass is 10.2. The fourth-order valence-electron chi connectivity index (χ4n) is 1.38. The Hall–Kier alpha value is -1.07. The molecule has 0 radical (unpaired) electrons. The lowest BCUT2D eigenvalue weighted by Crippen LogP contribution is -2.36. The molecule has 1 aromatic carbocycles. The van der Waals surface area contributed by atoms with Crippen molar-refractivity contribution in [3.05, 3.63) is 30.1 Å². The maximum Gasteiger partial charge on any atom is 0.320 e. The van der Waals surface area contributed by atoms with Crippen molar-refractivity contribution in [3.8, 4) is 0 Å². The van der Waals surface area contributed by atoms with Crippen LogP contribution < -0.4 is 5.32 Å². The van der Waals surface area contributed by atoms with Crippen LogP contribution in [0.5, 0.6) is 0 Å². The Morgan fingerprint density at radius 3 is 2.65 bits per heavy atom. The van der Waals surface area contributed by atoms with Crippen LogP contribution in [0.1, 0.15) is 13.3 Å². The van der Waals surface area contributed by atoms with E-state index < -0.39 is 12.0 Å². The number of hydrogen-bond donors (Lipinski definition) is 2. The van der Waals surface area contributed by atoms with Gasteiger partial charge >= 0.3 is 5.97 Å². The third kappa shape index (κ3) is 5.19. The van der Waals surface area contributed by atoms with Crippen LogP contribution in [0.3, 0.4) is 0 Å². The van der Waals surface area contributed by atoms with E-state index in [0.717, 1.165) is 4.90 Å². The van der Waals surface area contributed by atoms with Crippen molar-refractivity contribution < 1.29 is 14.3 Å².